The maximum atomic E-state index is 12.4. The van der Waals surface area contributed by atoms with Crippen molar-refractivity contribution < 1.29 is 19.4 Å². The molecule has 0 radical (unpaired) electrons. The zero-order valence-corrected chi connectivity index (χ0v) is 18.3. The van der Waals surface area contributed by atoms with Crippen LogP contribution in [0.1, 0.15) is 29.0 Å². The Morgan fingerprint density at radius 3 is 2.10 bits per heavy atom. The third-order valence-electron chi connectivity index (χ3n) is 5.57. The summed E-state index contributed by atoms with van der Waals surface area (Å²) in [6, 6.07) is 22.8. The Morgan fingerprint density at radius 1 is 0.935 bits per heavy atom. The van der Waals surface area contributed by atoms with Crippen LogP contribution in [0.4, 0.5) is 4.79 Å². The zero-order valence-electron chi connectivity index (χ0n) is 16.8. The number of aliphatic carboxylic acids is 1. The van der Waals surface area contributed by atoms with Gasteiger partial charge in [0.15, 0.2) is 0 Å². The highest BCUT2D eigenvalue weighted by molar-refractivity contribution is 9.10. The first-order valence-corrected chi connectivity index (χ1v) is 10.9. The van der Waals surface area contributed by atoms with Crippen molar-refractivity contribution in [3.63, 3.8) is 0 Å². The molecule has 0 aromatic heterocycles. The number of fused-ring (bicyclic) bond motifs is 3. The van der Waals surface area contributed by atoms with Crippen LogP contribution in [-0.2, 0) is 16.0 Å². The molecule has 0 aliphatic heterocycles. The number of nitrogens with one attached hydrogen (secondary N) is 1. The SMILES string of the molecule is O=C(N[C@@H](CCc1ccc(Br)cc1)C(=O)O)OCC1c2ccccc2-c2ccccc21. The van der Waals surface area contributed by atoms with E-state index in [0.29, 0.717) is 6.42 Å². The maximum Gasteiger partial charge on any atom is 0.407 e. The van der Waals surface area contributed by atoms with Gasteiger partial charge in [-0.2, -0.15) is 0 Å². The quantitative estimate of drug-likeness (QED) is 0.477. The van der Waals surface area contributed by atoms with Gasteiger partial charge in [-0.05, 0) is 52.8 Å². The number of amides is 1. The van der Waals surface area contributed by atoms with Gasteiger partial charge in [0, 0.05) is 10.4 Å². The van der Waals surface area contributed by atoms with Crippen molar-refractivity contribution in [2.45, 2.75) is 24.8 Å². The fourth-order valence-corrected chi connectivity index (χ4v) is 4.27. The summed E-state index contributed by atoms with van der Waals surface area (Å²) in [4.78, 5) is 24.0. The Balaban J connectivity index is 1.38. The van der Waals surface area contributed by atoms with Crippen molar-refractivity contribution in [3.8, 4) is 11.1 Å². The van der Waals surface area contributed by atoms with E-state index in [1.807, 2.05) is 60.7 Å². The first-order chi connectivity index (χ1) is 15.0. The second-order valence-corrected chi connectivity index (χ2v) is 8.44. The fourth-order valence-electron chi connectivity index (χ4n) is 4.00. The molecule has 3 aromatic rings. The first-order valence-electron chi connectivity index (χ1n) is 10.1. The number of aryl methyl sites for hydroxylation is 1. The van der Waals surface area contributed by atoms with Crippen molar-refractivity contribution in [1.29, 1.82) is 0 Å². The third-order valence-corrected chi connectivity index (χ3v) is 6.10. The van der Waals surface area contributed by atoms with E-state index in [-0.39, 0.29) is 18.9 Å². The number of halogens is 1. The summed E-state index contributed by atoms with van der Waals surface area (Å²) in [5.74, 6) is -1.14. The Labute approximate surface area is 189 Å². The molecule has 31 heavy (non-hydrogen) atoms. The number of benzene rings is 3. The van der Waals surface area contributed by atoms with Gasteiger partial charge in [-0.1, -0.05) is 76.6 Å². The molecule has 0 heterocycles. The molecule has 3 aromatic carbocycles. The van der Waals surface area contributed by atoms with E-state index in [0.717, 1.165) is 32.3 Å². The van der Waals surface area contributed by atoms with Crippen LogP contribution in [0.2, 0.25) is 0 Å². The van der Waals surface area contributed by atoms with Crippen molar-refractivity contribution in [2.75, 3.05) is 6.61 Å². The molecule has 1 aliphatic rings. The van der Waals surface area contributed by atoms with Crippen molar-refractivity contribution in [3.05, 3.63) is 94.0 Å². The lowest BCUT2D eigenvalue weighted by atomic mass is 9.98. The van der Waals surface area contributed by atoms with Crippen LogP contribution >= 0.6 is 15.9 Å². The molecule has 2 N–H and O–H groups in total. The largest absolute Gasteiger partial charge is 0.480 e. The summed E-state index contributed by atoms with van der Waals surface area (Å²) in [7, 11) is 0. The van der Waals surface area contributed by atoms with E-state index < -0.39 is 18.1 Å². The number of hydrogen-bond donors (Lipinski definition) is 2. The molecule has 5 nitrogen and oxygen atoms in total. The first kappa shape index (κ1) is 21.1. The van der Waals surface area contributed by atoms with E-state index in [1.165, 1.54) is 0 Å². The molecular weight excluding hydrogens is 458 g/mol. The van der Waals surface area contributed by atoms with Gasteiger partial charge in [0.05, 0.1) is 0 Å². The zero-order chi connectivity index (χ0) is 21.8. The van der Waals surface area contributed by atoms with Crippen LogP contribution in [-0.4, -0.2) is 29.8 Å². The number of alkyl carbamates (subject to hydrolysis) is 1. The average molecular weight is 480 g/mol. The van der Waals surface area contributed by atoms with Crippen LogP contribution in [0.5, 0.6) is 0 Å². The molecule has 0 saturated carbocycles. The predicted molar refractivity (Wildman–Crippen MR) is 122 cm³/mol. The predicted octanol–water partition coefficient (Wildman–Crippen LogP) is 5.37. The van der Waals surface area contributed by atoms with Crippen LogP contribution in [0, 0.1) is 0 Å². The Kier molecular flexibility index (Phi) is 6.37. The van der Waals surface area contributed by atoms with Crippen LogP contribution < -0.4 is 5.32 Å². The normalized spacial score (nSPS) is 13.2. The van der Waals surface area contributed by atoms with Gasteiger partial charge in [0.2, 0.25) is 0 Å². The van der Waals surface area contributed by atoms with Gasteiger partial charge in [0.1, 0.15) is 12.6 Å². The fraction of sp³-hybridized carbons (Fsp3) is 0.200. The molecule has 1 atom stereocenters. The van der Waals surface area contributed by atoms with E-state index in [2.05, 4.69) is 33.4 Å². The minimum atomic E-state index is -1.08. The topological polar surface area (TPSA) is 75.6 Å². The van der Waals surface area contributed by atoms with Crippen molar-refractivity contribution in [2.24, 2.45) is 0 Å². The average Bonchev–Trinajstić information content (AvgIpc) is 3.10. The van der Waals surface area contributed by atoms with Gasteiger partial charge in [-0.3, -0.25) is 0 Å². The second kappa shape index (κ2) is 9.35. The number of carbonyl (C=O) groups is 2. The summed E-state index contributed by atoms with van der Waals surface area (Å²) in [5.41, 5.74) is 5.52. The standard InChI is InChI=1S/C25H22BrNO4/c26-17-12-9-16(10-13-17)11-14-23(24(28)29)27-25(30)31-15-22-20-7-3-1-5-18(20)19-6-2-4-8-21(19)22/h1-10,12-13,22-23H,11,14-15H2,(H,27,30)(H,28,29)/t23-/m0/s1. The monoisotopic (exact) mass is 479 g/mol. The molecule has 158 valence electrons. The minimum Gasteiger partial charge on any atom is -0.480 e. The highest BCUT2D eigenvalue weighted by atomic mass is 79.9. The Morgan fingerprint density at radius 2 is 1.52 bits per heavy atom. The lowest BCUT2D eigenvalue weighted by molar-refractivity contribution is -0.139. The van der Waals surface area contributed by atoms with E-state index >= 15 is 0 Å². The number of carboxylic acids is 1. The van der Waals surface area contributed by atoms with E-state index in [1.54, 1.807) is 0 Å². The minimum absolute atomic E-state index is 0.0656. The highest BCUT2D eigenvalue weighted by Gasteiger charge is 2.29. The molecule has 4 rings (SSSR count). The molecule has 0 fully saturated rings. The summed E-state index contributed by atoms with van der Waals surface area (Å²) in [6.07, 6.45) is 0.0970. The van der Waals surface area contributed by atoms with E-state index in [4.69, 9.17) is 4.74 Å². The summed E-state index contributed by atoms with van der Waals surface area (Å²) < 4.78 is 6.43. The lowest BCUT2D eigenvalue weighted by Gasteiger charge is -2.17. The molecule has 1 aliphatic carbocycles. The van der Waals surface area contributed by atoms with Gasteiger partial charge < -0.3 is 15.2 Å². The van der Waals surface area contributed by atoms with Crippen LogP contribution in [0.15, 0.2) is 77.3 Å². The summed E-state index contributed by atoms with van der Waals surface area (Å²) in [6.45, 7) is 0.152. The van der Waals surface area contributed by atoms with Gasteiger partial charge in [-0.25, -0.2) is 9.59 Å². The summed E-state index contributed by atoms with van der Waals surface area (Å²) in [5, 5.41) is 12.0. The second-order valence-electron chi connectivity index (χ2n) is 7.53. The molecule has 6 heteroatoms. The highest BCUT2D eigenvalue weighted by Crippen LogP contribution is 2.44. The lowest BCUT2D eigenvalue weighted by Crippen LogP contribution is -2.41. The molecule has 0 bridgehead atoms. The molecule has 0 saturated heterocycles. The van der Waals surface area contributed by atoms with E-state index in [9.17, 15) is 14.7 Å². The Hall–Kier alpha value is -3.12. The number of carboxylic acid groups (broad SMARTS) is 1. The number of rotatable bonds is 7. The smallest absolute Gasteiger partial charge is 0.407 e. The van der Waals surface area contributed by atoms with Gasteiger partial charge >= 0.3 is 12.1 Å². The van der Waals surface area contributed by atoms with Crippen LogP contribution in [0.25, 0.3) is 11.1 Å². The third kappa shape index (κ3) is 4.80. The summed E-state index contributed by atoms with van der Waals surface area (Å²) >= 11 is 3.38. The maximum absolute atomic E-state index is 12.4. The van der Waals surface area contributed by atoms with Crippen molar-refractivity contribution in [1.82, 2.24) is 5.32 Å². The van der Waals surface area contributed by atoms with Crippen LogP contribution in [0.3, 0.4) is 0 Å². The molecule has 0 unspecified atom stereocenters. The number of ether oxygens (including phenoxy) is 1. The molecule has 1 amide bonds. The molecule has 0 spiro atoms. The Bertz CT molecular complexity index is 1050. The number of hydrogen-bond acceptors (Lipinski definition) is 3. The number of carbonyl (C=O) groups excluding carboxylic acids is 1. The molecular formula is C25H22BrNO4. The van der Waals surface area contributed by atoms with Gasteiger partial charge in [-0.15, -0.1) is 0 Å². The van der Waals surface area contributed by atoms with Crippen molar-refractivity contribution >= 4 is 28.0 Å². The van der Waals surface area contributed by atoms with Gasteiger partial charge in [0.25, 0.3) is 0 Å².